The van der Waals surface area contributed by atoms with Crippen LogP contribution in [0.15, 0.2) is 29.7 Å². The number of benzene rings is 1. The Bertz CT molecular complexity index is 813. The Kier molecular flexibility index (Phi) is 6.96. The van der Waals surface area contributed by atoms with Crippen LogP contribution in [0.2, 0.25) is 0 Å². The molecule has 8 heteroatoms. The summed E-state index contributed by atoms with van der Waals surface area (Å²) in [6.45, 7) is 18.8. The van der Waals surface area contributed by atoms with Crippen molar-refractivity contribution in [2.75, 3.05) is 13.9 Å². The van der Waals surface area contributed by atoms with Crippen molar-refractivity contribution >= 4 is 19.7 Å². The second-order valence-corrected chi connectivity index (χ2v) is 10.5. The topological polar surface area (TPSA) is 55.4 Å². The van der Waals surface area contributed by atoms with Gasteiger partial charge in [-0.3, -0.25) is 0 Å². The maximum atomic E-state index is 6.48. The number of rotatable bonds is 7. The van der Waals surface area contributed by atoms with E-state index in [1.165, 1.54) is 0 Å². The summed E-state index contributed by atoms with van der Waals surface area (Å²) in [5.41, 5.74) is 1.17. The molecule has 2 aliphatic rings. The zero-order chi connectivity index (χ0) is 23.9. The van der Waals surface area contributed by atoms with E-state index in [0.717, 1.165) is 28.7 Å². The van der Waals surface area contributed by atoms with Gasteiger partial charge in [0.25, 0.3) is 0 Å². The van der Waals surface area contributed by atoms with Gasteiger partial charge in [-0.05, 0) is 90.5 Å². The van der Waals surface area contributed by atoms with Crippen LogP contribution in [-0.2, 0) is 23.4 Å². The van der Waals surface area contributed by atoms with Gasteiger partial charge >= 0.3 is 14.2 Å². The fourth-order valence-corrected chi connectivity index (χ4v) is 3.76. The van der Waals surface area contributed by atoms with Crippen molar-refractivity contribution in [2.45, 2.75) is 91.1 Å². The standard InChI is InChI=1S/C24H38B2O6/c1-11-19(25-29-21(2,3)22(4,5)30-25)20(26-31-23(6,7)24(8,9)32-26)17-12-14-18(15-13-17)28-16-27-10/h12-15H,11,16H2,1-10H3. The van der Waals surface area contributed by atoms with Gasteiger partial charge in [0.05, 0.1) is 22.4 Å². The lowest BCUT2D eigenvalue weighted by molar-refractivity contribution is 0.00578. The first kappa shape index (κ1) is 25.3. The van der Waals surface area contributed by atoms with Gasteiger partial charge in [0.1, 0.15) is 5.75 Å². The van der Waals surface area contributed by atoms with Crippen LogP contribution in [0.1, 0.15) is 74.3 Å². The van der Waals surface area contributed by atoms with Crippen molar-refractivity contribution < 1.29 is 28.1 Å². The SMILES string of the molecule is CCC(B1OC(C)(C)C(C)(C)O1)=C(B1OC(C)(C)C(C)(C)O1)c1ccc(OCOC)cc1. The van der Waals surface area contributed by atoms with E-state index in [-0.39, 0.29) is 6.79 Å². The minimum atomic E-state index is -0.542. The van der Waals surface area contributed by atoms with Gasteiger partial charge in [-0.25, -0.2) is 0 Å². The first-order chi connectivity index (χ1) is 14.7. The van der Waals surface area contributed by atoms with Crippen molar-refractivity contribution in [3.05, 3.63) is 35.3 Å². The highest BCUT2D eigenvalue weighted by atomic mass is 16.7. The third kappa shape index (κ3) is 4.66. The lowest BCUT2D eigenvalue weighted by Gasteiger charge is -2.32. The fraction of sp³-hybridized carbons (Fsp3) is 0.667. The summed E-state index contributed by atoms with van der Waals surface area (Å²) >= 11 is 0. The van der Waals surface area contributed by atoms with Crippen LogP contribution in [0.3, 0.4) is 0 Å². The summed E-state index contributed by atoms with van der Waals surface area (Å²) in [5, 5.41) is 0. The highest BCUT2D eigenvalue weighted by Crippen LogP contribution is 2.45. The third-order valence-electron chi connectivity index (χ3n) is 7.26. The van der Waals surface area contributed by atoms with Gasteiger partial charge in [-0.15, -0.1) is 0 Å². The molecule has 1 aromatic rings. The van der Waals surface area contributed by atoms with Gasteiger partial charge < -0.3 is 28.1 Å². The summed E-state index contributed by atoms with van der Waals surface area (Å²) in [7, 11) is 0.578. The number of hydrogen-bond acceptors (Lipinski definition) is 6. The summed E-state index contributed by atoms with van der Waals surface area (Å²) < 4.78 is 36.4. The van der Waals surface area contributed by atoms with Crippen LogP contribution >= 0.6 is 0 Å². The average Bonchev–Trinajstić information content (AvgIpc) is 3.03. The van der Waals surface area contributed by atoms with Gasteiger partial charge in [0.2, 0.25) is 0 Å². The maximum Gasteiger partial charge on any atom is 0.494 e. The quantitative estimate of drug-likeness (QED) is 0.431. The van der Waals surface area contributed by atoms with E-state index in [9.17, 15) is 0 Å². The van der Waals surface area contributed by atoms with E-state index in [4.69, 9.17) is 28.1 Å². The molecule has 3 rings (SSSR count). The van der Waals surface area contributed by atoms with Crippen LogP contribution in [0.4, 0.5) is 0 Å². The molecule has 0 unspecified atom stereocenters. The molecule has 0 amide bonds. The molecule has 32 heavy (non-hydrogen) atoms. The number of allylic oxidation sites excluding steroid dienone is 1. The van der Waals surface area contributed by atoms with Gasteiger partial charge in [-0.1, -0.05) is 19.1 Å². The van der Waals surface area contributed by atoms with Gasteiger partial charge in [0, 0.05) is 7.11 Å². The van der Waals surface area contributed by atoms with Gasteiger partial charge in [0.15, 0.2) is 6.79 Å². The predicted molar refractivity (Wildman–Crippen MR) is 128 cm³/mol. The van der Waals surface area contributed by atoms with E-state index in [1.807, 2.05) is 24.3 Å². The molecular weight excluding hydrogens is 406 g/mol. The summed E-state index contributed by atoms with van der Waals surface area (Å²) in [6, 6.07) is 7.90. The minimum Gasteiger partial charge on any atom is -0.468 e. The van der Waals surface area contributed by atoms with Crippen LogP contribution in [0.5, 0.6) is 5.75 Å². The molecule has 2 saturated heterocycles. The van der Waals surface area contributed by atoms with E-state index in [0.29, 0.717) is 0 Å². The van der Waals surface area contributed by atoms with E-state index in [2.05, 4.69) is 62.3 Å². The van der Waals surface area contributed by atoms with Gasteiger partial charge in [-0.2, -0.15) is 0 Å². The molecule has 2 aliphatic heterocycles. The lowest BCUT2D eigenvalue weighted by Crippen LogP contribution is -2.41. The first-order valence-corrected chi connectivity index (χ1v) is 11.4. The smallest absolute Gasteiger partial charge is 0.468 e. The molecule has 0 spiro atoms. The average molecular weight is 444 g/mol. The summed E-state index contributed by atoms with van der Waals surface area (Å²) in [4.78, 5) is 0. The van der Waals surface area contributed by atoms with Crippen LogP contribution < -0.4 is 4.74 Å². The van der Waals surface area contributed by atoms with E-state index >= 15 is 0 Å². The number of ether oxygens (including phenoxy) is 2. The lowest BCUT2D eigenvalue weighted by atomic mass is 9.61. The monoisotopic (exact) mass is 444 g/mol. The van der Waals surface area contributed by atoms with Crippen LogP contribution in [0, 0.1) is 0 Å². The third-order valence-corrected chi connectivity index (χ3v) is 7.26. The fourth-order valence-electron chi connectivity index (χ4n) is 3.76. The Morgan fingerprint density at radius 1 is 0.750 bits per heavy atom. The Morgan fingerprint density at radius 2 is 1.19 bits per heavy atom. The van der Waals surface area contributed by atoms with Crippen LogP contribution in [0.25, 0.3) is 5.47 Å². The molecule has 2 heterocycles. The van der Waals surface area contributed by atoms with Crippen molar-refractivity contribution in [3.8, 4) is 5.75 Å². The molecule has 0 aliphatic carbocycles. The van der Waals surface area contributed by atoms with Crippen molar-refractivity contribution in [1.29, 1.82) is 0 Å². The summed E-state index contributed by atoms with van der Waals surface area (Å²) in [5.74, 6) is 0.734. The van der Waals surface area contributed by atoms with Crippen molar-refractivity contribution in [2.24, 2.45) is 0 Å². The molecule has 0 aromatic heterocycles. The maximum absolute atomic E-state index is 6.48. The van der Waals surface area contributed by atoms with Crippen molar-refractivity contribution in [1.82, 2.24) is 0 Å². The van der Waals surface area contributed by atoms with E-state index in [1.54, 1.807) is 7.11 Å². The first-order valence-electron chi connectivity index (χ1n) is 11.4. The zero-order valence-electron chi connectivity index (χ0n) is 21.3. The molecular formula is C24H38B2O6. The second kappa shape index (κ2) is 8.80. The van der Waals surface area contributed by atoms with Crippen molar-refractivity contribution in [3.63, 3.8) is 0 Å². The van der Waals surface area contributed by atoms with Crippen LogP contribution in [-0.4, -0.2) is 50.5 Å². The Labute approximate surface area is 194 Å². The van der Waals surface area contributed by atoms with E-state index < -0.39 is 36.6 Å². The highest BCUT2D eigenvalue weighted by Gasteiger charge is 2.56. The highest BCUT2D eigenvalue weighted by molar-refractivity contribution is 6.74. The number of hydrogen-bond donors (Lipinski definition) is 0. The minimum absolute atomic E-state index is 0.202. The molecule has 2 fully saturated rings. The molecule has 0 bridgehead atoms. The molecule has 1 aromatic carbocycles. The molecule has 176 valence electrons. The molecule has 0 saturated carbocycles. The number of methoxy groups -OCH3 is 1. The molecule has 0 atom stereocenters. The Balaban J connectivity index is 2.08. The zero-order valence-corrected chi connectivity index (χ0v) is 21.3. The normalized spacial score (nSPS) is 23.9. The molecule has 0 radical (unpaired) electrons. The molecule has 6 nitrogen and oxygen atoms in total. The predicted octanol–water partition coefficient (Wildman–Crippen LogP) is 5.10. The Hall–Kier alpha value is -1.31. The summed E-state index contributed by atoms with van der Waals surface area (Å²) in [6.07, 6.45) is 0.734. The second-order valence-electron chi connectivity index (χ2n) is 10.5. The largest absolute Gasteiger partial charge is 0.494 e. The Morgan fingerprint density at radius 3 is 1.59 bits per heavy atom. The molecule has 0 N–H and O–H groups in total.